The number of thioether (sulfide) groups is 1. The number of allylic oxidation sites excluding steroid dienone is 1. The Kier molecular flexibility index (Phi) is 17.1. The Bertz CT molecular complexity index is 2190. The van der Waals surface area contributed by atoms with E-state index in [1.165, 1.54) is 23.5 Å². The van der Waals surface area contributed by atoms with Crippen LogP contribution >= 0.6 is 23.1 Å². The summed E-state index contributed by atoms with van der Waals surface area (Å²) in [6.07, 6.45) is -2.05. The van der Waals surface area contributed by atoms with Gasteiger partial charge in [0.25, 0.3) is 0 Å². The van der Waals surface area contributed by atoms with Crippen molar-refractivity contribution in [3.8, 4) is 39.3 Å². The summed E-state index contributed by atoms with van der Waals surface area (Å²) in [5, 5.41) is 28.5. The molecular weight excluding hydrogens is 808 g/mol. The van der Waals surface area contributed by atoms with E-state index in [0.717, 1.165) is 62.7 Å². The van der Waals surface area contributed by atoms with Crippen LogP contribution in [0, 0.1) is 13.8 Å². The monoisotopic (exact) mass is 853 g/mol. The lowest BCUT2D eigenvalue weighted by Crippen LogP contribution is -2.09. The van der Waals surface area contributed by atoms with E-state index in [2.05, 4.69) is 18.5 Å². The van der Waals surface area contributed by atoms with E-state index < -0.39 is 23.7 Å². The molecule has 0 radical (unpaired) electrons. The number of thiazole rings is 1. The van der Waals surface area contributed by atoms with Gasteiger partial charge in [0.15, 0.2) is 13.2 Å². The minimum atomic E-state index is -4.36. The third kappa shape index (κ3) is 14.3. The molecular formula is C44H46F3NO9S2. The van der Waals surface area contributed by atoms with E-state index in [1.54, 1.807) is 42.1 Å². The van der Waals surface area contributed by atoms with Crippen molar-refractivity contribution in [1.29, 1.82) is 0 Å². The molecule has 0 fully saturated rings. The van der Waals surface area contributed by atoms with Gasteiger partial charge in [0.1, 0.15) is 33.8 Å². The van der Waals surface area contributed by atoms with E-state index in [4.69, 9.17) is 29.2 Å². The molecule has 15 heteroatoms. The Morgan fingerprint density at radius 1 is 0.831 bits per heavy atom. The number of hydrogen-bond acceptors (Lipinski definition) is 10. The van der Waals surface area contributed by atoms with E-state index in [1.807, 2.05) is 45.0 Å². The van der Waals surface area contributed by atoms with E-state index in [9.17, 15) is 27.9 Å². The average Bonchev–Trinajstić information content (AvgIpc) is 3.57. The van der Waals surface area contributed by atoms with Gasteiger partial charge < -0.3 is 34.3 Å². The number of nitrogens with zero attached hydrogens (tertiary/aromatic N) is 1. The van der Waals surface area contributed by atoms with Gasteiger partial charge in [-0.15, -0.1) is 23.1 Å². The van der Waals surface area contributed by atoms with Crippen molar-refractivity contribution in [1.82, 2.24) is 4.98 Å². The molecule has 3 N–H and O–H groups in total. The van der Waals surface area contributed by atoms with Gasteiger partial charge in [-0.3, -0.25) is 0 Å². The van der Waals surface area contributed by atoms with E-state index in [0.29, 0.717) is 59.0 Å². The summed E-state index contributed by atoms with van der Waals surface area (Å²) in [4.78, 5) is 27.7. The summed E-state index contributed by atoms with van der Waals surface area (Å²) in [5.74, 6) is 1.23. The lowest BCUT2D eigenvalue weighted by molar-refractivity contribution is -0.140. The molecule has 0 bridgehead atoms. The summed E-state index contributed by atoms with van der Waals surface area (Å²) < 4.78 is 60.0. The van der Waals surface area contributed by atoms with Crippen molar-refractivity contribution in [2.24, 2.45) is 0 Å². The molecule has 0 amide bonds. The molecule has 0 unspecified atom stereocenters. The van der Waals surface area contributed by atoms with Crippen molar-refractivity contribution in [2.45, 2.75) is 63.8 Å². The van der Waals surface area contributed by atoms with Crippen molar-refractivity contribution >= 4 is 40.6 Å². The van der Waals surface area contributed by atoms with Crippen LogP contribution in [0.2, 0.25) is 0 Å². The number of ether oxygens (including phenoxy) is 4. The van der Waals surface area contributed by atoms with Crippen LogP contribution in [0.1, 0.15) is 59.5 Å². The van der Waals surface area contributed by atoms with Crippen molar-refractivity contribution < 1.29 is 57.0 Å². The van der Waals surface area contributed by atoms with Crippen molar-refractivity contribution in [2.75, 3.05) is 26.4 Å². The predicted molar refractivity (Wildman–Crippen MR) is 223 cm³/mol. The number of phenolic OH excluding ortho intramolecular Hbond substituents is 1. The first-order valence-corrected chi connectivity index (χ1v) is 20.3. The Morgan fingerprint density at radius 3 is 2.03 bits per heavy atom. The van der Waals surface area contributed by atoms with Crippen LogP contribution in [0.5, 0.6) is 28.7 Å². The Labute approximate surface area is 349 Å². The van der Waals surface area contributed by atoms with Gasteiger partial charge in [-0.1, -0.05) is 32.1 Å². The molecule has 59 heavy (non-hydrogen) atoms. The topological polar surface area (TPSA) is 145 Å². The Balaban J connectivity index is 0.000000261. The summed E-state index contributed by atoms with van der Waals surface area (Å²) in [6.45, 7) is 11.7. The number of aliphatic carboxylic acids is 2. The predicted octanol–water partition coefficient (Wildman–Crippen LogP) is 10.9. The summed E-state index contributed by atoms with van der Waals surface area (Å²) in [6, 6.07) is 21.0. The van der Waals surface area contributed by atoms with Crippen molar-refractivity contribution in [3.63, 3.8) is 0 Å². The lowest BCUT2D eigenvalue weighted by Gasteiger charge is -2.16. The van der Waals surface area contributed by atoms with Gasteiger partial charge in [0.05, 0.1) is 24.5 Å². The molecule has 0 atom stereocenters. The zero-order valence-corrected chi connectivity index (χ0v) is 34.7. The molecule has 10 nitrogen and oxygen atoms in total. The van der Waals surface area contributed by atoms with Crippen LogP contribution in [0.3, 0.4) is 0 Å². The standard InChI is InChI=1S/C23H28O6.C21H18F3NO3S2/c1-4-6-20-21(12-11-19(16(2)3)23(20)26)28-14-5-13-27-17-7-9-18(10-8-17)29-15-22(24)25;1-12-9-16(7-8-17(12)28-10-19(26)27)29-11-18-13(2)25-20(30-18)14-3-5-15(6-4-14)21(22,23)24/h7-12,26H,2,4-6,13-15H2,1,3H3,(H,24,25);3-9H,10-11H2,1-2H3,(H,26,27). The van der Waals surface area contributed by atoms with Gasteiger partial charge in [0.2, 0.25) is 0 Å². The lowest BCUT2D eigenvalue weighted by atomic mass is 10.00. The van der Waals surface area contributed by atoms with Gasteiger partial charge >= 0.3 is 18.1 Å². The minimum absolute atomic E-state index is 0.248. The summed E-state index contributed by atoms with van der Waals surface area (Å²) >= 11 is 3.06. The first kappa shape index (κ1) is 46.0. The number of carboxylic acid groups (broad SMARTS) is 2. The maximum absolute atomic E-state index is 12.7. The molecule has 314 valence electrons. The number of hydrogen-bond donors (Lipinski definition) is 3. The van der Waals surface area contributed by atoms with Gasteiger partial charge in [-0.2, -0.15) is 13.2 Å². The second-order valence-electron chi connectivity index (χ2n) is 13.2. The highest BCUT2D eigenvalue weighted by atomic mass is 32.2. The zero-order valence-electron chi connectivity index (χ0n) is 33.1. The fourth-order valence-corrected chi connectivity index (χ4v) is 7.65. The molecule has 0 aliphatic carbocycles. The quantitative estimate of drug-likeness (QED) is 0.0539. The van der Waals surface area contributed by atoms with Crippen molar-refractivity contribution in [3.05, 3.63) is 118 Å². The van der Waals surface area contributed by atoms with Crippen LogP contribution in [0.25, 0.3) is 16.1 Å². The number of carboxylic acids is 2. The number of aryl methyl sites for hydroxylation is 2. The first-order chi connectivity index (χ1) is 28.0. The maximum Gasteiger partial charge on any atom is 0.416 e. The molecule has 0 aliphatic rings. The van der Waals surface area contributed by atoms with Crippen LogP contribution in [-0.4, -0.2) is 58.7 Å². The van der Waals surface area contributed by atoms with E-state index in [-0.39, 0.29) is 19.0 Å². The van der Waals surface area contributed by atoms with Crippen LogP contribution in [-0.2, 0) is 27.9 Å². The zero-order chi connectivity index (χ0) is 43.1. The van der Waals surface area contributed by atoms with Gasteiger partial charge in [0, 0.05) is 38.6 Å². The fraction of sp³-hybridized carbons (Fsp3) is 0.295. The number of rotatable bonds is 19. The number of alkyl halides is 3. The van der Waals surface area contributed by atoms with Gasteiger partial charge in [-0.25, -0.2) is 14.6 Å². The number of phenols is 1. The normalized spacial score (nSPS) is 11.0. The third-order valence-electron chi connectivity index (χ3n) is 8.42. The molecule has 1 aromatic heterocycles. The van der Waals surface area contributed by atoms with Crippen LogP contribution in [0.15, 0.2) is 90.3 Å². The molecule has 0 saturated carbocycles. The molecule has 0 saturated heterocycles. The highest BCUT2D eigenvalue weighted by Gasteiger charge is 2.30. The SMILES string of the molecule is C=C(C)c1ccc(OCCCOc2ccc(OCC(=O)O)cc2)c(CCC)c1O.Cc1cc(SCc2sc(-c3ccc(C(F)(F)F)cc3)nc2C)ccc1OCC(=O)O. The average molecular weight is 854 g/mol. The third-order valence-corrected chi connectivity index (χ3v) is 10.8. The first-order valence-electron chi connectivity index (χ1n) is 18.5. The maximum atomic E-state index is 12.7. The molecule has 1 heterocycles. The summed E-state index contributed by atoms with van der Waals surface area (Å²) in [7, 11) is 0. The number of aromatic hydroxyl groups is 1. The highest BCUT2D eigenvalue weighted by molar-refractivity contribution is 7.98. The largest absolute Gasteiger partial charge is 0.507 e. The smallest absolute Gasteiger partial charge is 0.416 e. The molecule has 0 aliphatic heterocycles. The minimum Gasteiger partial charge on any atom is -0.507 e. The van der Waals surface area contributed by atoms with Gasteiger partial charge in [-0.05, 0) is 105 Å². The van der Waals surface area contributed by atoms with E-state index >= 15 is 0 Å². The van der Waals surface area contributed by atoms with Crippen LogP contribution < -0.4 is 18.9 Å². The Hall–Kier alpha value is -5.67. The molecule has 5 aromatic rings. The Morgan fingerprint density at radius 2 is 1.44 bits per heavy atom. The van der Waals surface area contributed by atoms with Crippen LogP contribution in [0.4, 0.5) is 13.2 Å². The number of halogens is 3. The molecule has 0 spiro atoms. The summed E-state index contributed by atoms with van der Waals surface area (Å²) in [5.41, 5.74) is 4.04. The second kappa shape index (κ2) is 21.9. The highest BCUT2D eigenvalue weighted by Crippen LogP contribution is 2.37. The fourth-order valence-electron chi connectivity index (χ4n) is 5.45. The number of carbonyl (C=O) groups is 2. The molecule has 4 aromatic carbocycles. The second-order valence-corrected chi connectivity index (χ2v) is 15.3. The number of aromatic nitrogens is 1. The number of benzene rings is 4. The molecule has 5 rings (SSSR count).